The Hall–Kier alpha value is -0.930. The zero-order valence-electron chi connectivity index (χ0n) is 6.99. The predicted molar refractivity (Wildman–Crippen MR) is 55.1 cm³/mol. The van der Waals surface area contributed by atoms with Crippen LogP contribution in [0.3, 0.4) is 0 Å². The molecule has 2 aromatic heterocycles. The van der Waals surface area contributed by atoms with Crippen LogP contribution < -0.4 is 0 Å². The second-order valence-electron chi connectivity index (χ2n) is 2.67. The maximum Gasteiger partial charge on any atom is 0.147 e. The van der Waals surface area contributed by atoms with Crippen molar-refractivity contribution in [3.8, 4) is 11.3 Å². The Morgan fingerprint density at radius 3 is 2.69 bits per heavy atom. The van der Waals surface area contributed by atoms with E-state index in [4.69, 9.17) is 11.6 Å². The fraction of sp³-hybridized carbons (Fsp3) is 0.111. The van der Waals surface area contributed by atoms with E-state index < -0.39 is 0 Å². The standard InChI is InChI=1S/C9H7ClN2S/c1-6-2-7(5-13-6)8-3-12-9(10)4-11-8/h2-5H,1H3. The van der Waals surface area contributed by atoms with Gasteiger partial charge in [-0.2, -0.15) is 0 Å². The average molecular weight is 211 g/mol. The van der Waals surface area contributed by atoms with Gasteiger partial charge in [-0.15, -0.1) is 11.3 Å². The van der Waals surface area contributed by atoms with Crippen molar-refractivity contribution in [3.63, 3.8) is 0 Å². The van der Waals surface area contributed by atoms with E-state index in [0.717, 1.165) is 11.3 Å². The third kappa shape index (κ3) is 1.87. The zero-order valence-corrected chi connectivity index (χ0v) is 8.56. The molecule has 0 aliphatic rings. The Morgan fingerprint density at radius 2 is 2.15 bits per heavy atom. The molecule has 0 unspecified atom stereocenters. The van der Waals surface area contributed by atoms with E-state index in [1.54, 1.807) is 23.7 Å². The van der Waals surface area contributed by atoms with Crippen LogP contribution in [-0.4, -0.2) is 9.97 Å². The monoisotopic (exact) mass is 210 g/mol. The van der Waals surface area contributed by atoms with Gasteiger partial charge in [-0.3, -0.25) is 4.98 Å². The SMILES string of the molecule is Cc1cc(-c2cnc(Cl)cn2)cs1. The number of rotatable bonds is 1. The molecule has 13 heavy (non-hydrogen) atoms. The molecule has 0 aliphatic heterocycles. The first-order chi connectivity index (χ1) is 6.25. The largest absolute Gasteiger partial charge is 0.251 e. The zero-order chi connectivity index (χ0) is 9.26. The summed E-state index contributed by atoms with van der Waals surface area (Å²) in [5, 5.41) is 2.49. The van der Waals surface area contributed by atoms with Crippen LogP contribution in [0.4, 0.5) is 0 Å². The lowest BCUT2D eigenvalue weighted by atomic mass is 10.2. The normalized spacial score (nSPS) is 10.3. The first-order valence-corrected chi connectivity index (χ1v) is 5.04. The highest BCUT2D eigenvalue weighted by atomic mass is 35.5. The molecule has 0 saturated carbocycles. The molecule has 0 amide bonds. The van der Waals surface area contributed by atoms with Crippen LogP contribution in [0.15, 0.2) is 23.8 Å². The van der Waals surface area contributed by atoms with Crippen LogP contribution in [0, 0.1) is 6.92 Å². The summed E-state index contributed by atoms with van der Waals surface area (Å²) >= 11 is 7.34. The van der Waals surface area contributed by atoms with Gasteiger partial charge in [0.15, 0.2) is 0 Å². The highest BCUT2D eigenvalue weighted by Crippen LogP contribution is 2.22. The molecule has 0 bridgehead atoms. The van der Waals surface area contributed by atoms with Crippen LogP contribution in [0.5, 0.6) is 0 Å². The smallest absolute Gasteiger partial charge is 0.147 e. The van der Waals surface area contributed by atoms with Crippen molar-refractivity contribution in [2.24, 2.45) is 0 Å². The van der Waals surface area contributed by atoms with Crippen LogP contribution in [0.25, 0.3) is 11.3 Å². The van der Waals surface area contributed by atoms with Gasteiger partial charge in [-0.05, 0) is 13.0 Å². The molecule has 0 N–H and O–H groups in total. The number of hydrogen-bond donors (Lipinski definition) is 0. The minimum absolute atomic E-state index is 0.427. The molecule has 0 fully saturated rings. The molecule has 0 saturated heterocycles. The molecule has 0 spiro atoms. The van der Waals surface area contributed by atoms with Crippen molar-refractivity contribution >= 4 is 22.9 Å². The van der Waals surface area contributed by atoms with Gasteiger partial charge in [0, 0.05) is 15.8 Å². The van der Waals surface area contributed by atoms with E-state index in [9.17, 15) is 0 Å². The van der Waals surface area contributed by atoms with Gasteiger partial charge in [0.05, 0.1) is 18.1 Å². The van der Waals surface area contributed by atoms with Crippen molar-refractivity contribution in [1.29, 1.82) is 0 Å². The predicted octanol–water partition coefficient (Wildman–Crippen LogP) is 3.17. The molecular formula is C9H7ClN2S. The fourth-order valence-electron chi connectivity index (χ4n) is 1.04. The molecule has 2 nitrogen and oxygen atoms in total. The van der Waals surface area contributed by atoms with Crippen LogP contribution in [-0.2, 0) is 0 Å². The van der Waals surface area contributed by atoms with E-state index in [1.165, 1.54) is 4.88 Å². The number of nitrogens with zero attached hydrogens (tertiary/aromatic N) is 2. The summed E-state index contributed by atoms with van der Waals surface area (Å²) in [6.07, 6.45) is 3.24. The van der Waals surface area contributed by atoms with Crippen molar-refractivity contribution in [1.82, 2.24) is 9.97 Å². The van der Waals surface area contributed by atoms with E-state index in [2.05, 4.69) is 28.3 Å². The quantitative estimate of drug-likeness (QED) is 0.723. The number of aryl methyl sites for hydroxylation is 1. The van der Waals surface area contributed by atoms with Crippen LogP contribution >= 0.6 is 22.9 Å². The van der Waals surface area contributed by atoms with Gasteiger partial charge >= 0.3 is 0 Å². The lowest BCUT2D eigenvalue weighted by molar-refractivity contribution is 1.21. The highest BCUT2D eigenvalue weighted by molar-refractivity contribution is 7.10. The Bertz CT molecular complexity index is 408. The summed E-state index contributed by atoms with van der Waals surface area (Å²) in [6, 6.07) is 2.09. The number of aromatic nitrogens is 2. The van der Waals surface area contributed by atoms with E-state index in [-0.39, 0.29) is 0 Å². The molecule has 2 aromatic rings. The summed E-state index contributed by atoms with van der Waals surface area (Å²) in [5.41, 5.74) is 1.97. The molecule has 2 rings (SSSR count). The van der Waals surface area contributed by atoms with E-state index in [1.807, 2.05) is 0 Å². The first kappa shape index (κ1) is 8.66. The van der Waals surface area contributed by atoms with Crippen LogP contribution in [0.1, 0.15) is 4.88 Å². The van der Waals surface area contributed by atoms with Crippen molar-refractivity contribution in [3.05, 3.63) is 33.9 Å². The third-order valence-electron chi connectivity index (χ3n) is 1.65. The Balaban J connectivity index is 2.41. The lowest BCUT2D eigenvalue weighted by Crippen LogP contribution is -1.82. The van der Waals surface area contributed by atoms with Crippen molar-refractivity contribution in [2.45, 2.75) is 6.92 Å². The summed E-state index contributed by atoms with van der Waals surface area (Å²) in [6.45, 7) is 2.07. The summed E-state index contributed by atoms with van der Waals surface area (Å²) in [7, 11) is 0. The average Bonchev–Trinajstić information content (AvgIpc) is 2.53. The number of thiophene rings is 1. The van der Waals surface area contributed by atoms with Gasteiger partial charge in [0.2, 0.25) is 0 Å². The molecule has 2 heterocycles. The van der Waals surface area contributed by atoms with Crippen molar-refractivity contribution < 1.29 is 0 Å². The molecular weight excluding hydrogens is 204 g/mol. The highest BCUT2D eigenvalue weighted by Gasteiger charge is 2.01. The number of hydrogen-bond acceptors (Lipinski definition) is 3. The Kier molecular flexibility index (Phi) is 2.29. The van der Waals surface area contributed by atoms with Gasteiger partial charge in [-0.25, -0.2) is 4.98 Å². The second-order valence-corrected chi connectivity index (χ2v) is 4.17. The summed E-state index contributed by atoms with van der Waals surface area (Å²) in [4.78, 5) is 9.42. The molecule has 0 aromatic carbocycles. The third-order valence-corrected chi connectivity index (χ3v) is 2.70. The number of halogens is 1. The molecule has 4 heteroatoms. The fourth-order valence-corrected chi connectivity index (χ4v) is 1.83. The van der Waals surface area contributed by atoms with E-state index >= 15 is 0 Å². The van der Waals surface area contributed by atoms with Gasteiger partial charge in [0.1, 0.15) is 5.15 Å². The first-order valence-electron chi connectivity index (χ1n) is 3.79. The maximum atomic E-state index is 5.63. The molecule has 0 atom stereocenters. The van der Waals surface area contributed by atoms with Gasteiger partial charge in [-0.1, -0.05) is 11.6 Å². The minimum atomic E-state index is 0.427. The molecule has 0 aliphatic carbocycles. The molecule has 66 valence electrons. The van der Waals surface area contributed by atoms with E-state index in [0.29, 0.717) is 5.15 Å². The Morgan fingerprint density at radius 1 is 1.31 bits per heavy atom. The van der Waals surface area contributed by atoms with Gasteiger partial charge < -0.3 is 0 Å². The molecule has 0 radical (unpaired) electrons. The van der Waals surface area contributed by atoms with Crippen molar-refractivity contribution in [2.75, 3.05) is 0 Å². The maximum absolute atomic E-state index is 5.63. The lowest BCUT2D eigenvalue weighted by Gasteiger charge is -1.94. The summed E-state index contributed by atoms with van der Waals surface area (Å²) in [5.74, 6) is 0. The minimum Gasteiger partial charge on any atom is -0.251 e. The van der Waals surface area contributed by atoms with Gasteiger partial charge in [0.25, 0.3) is 0 Å². The summed E-state index contributed by atoms with van der Waals surface area (Å²) < 4.78 is 0. The second kappa shape index (κ2) is 3.44. The Labute approximate surface area is 85.2 Å². The topological polar surface area (TPSA) is 25.8 Å². The van der Waals surface area contributed by atoms with Crippen LogP contribution in [0.2, 0.25) is 5.15 Å².